The van der Waals surface area contributed by atoms with E-state index in [-0.39, 0.29) is 16.4 Å². The second kappa shape index (κ2) is 9.25. The number of hydrogen-bond donors (Lipinski definition) is 1. The maximum absolute atomic E-state index is 13.6. The number of nitrogens with one attached hydrogen (secondary N) is 1. The van der Waals surface area contributed by atoms with Crippen molar-refractivity contribution < 1.29 is 33.0 Å². The molecule has 9 heteroatoms. The highest BCUT2D eigenvalue weighted by atomic mass is 35.5. The molecule has 1 N–H and O–H groups in total. The first kappa shape index (κ1) is 25.5. The number of esters is 1. The van der Waals surface area contributed by atoms with E-state index in [1.807, 2.05) is 0 Å². The number of Topliss-reactive ketones (excluding diaryl/α,β-unsaturated/α-hetero) is 1. The van der Waals surface area contributed by atoms with Crippen molar-refractivity contribution in [2.75, 3.05) is 0 Å². The third-order valence-electron chi connectivity index (χ3n) is 5.17. The summed E-state index contributed by atoms with van der Waals surface area (Å²) in [7, 11) is 0. The molecule has 34 heavy (non-hydrogen) atoms. The Kier molecular flexibility index (Phi) is 6.94. The van der Waals surface area contributed by atoms with Gasteiger partial charge in [-0.1, -0.05) is 11.6 Å². The van der Waals surface area contributed by atoms with Crippen molar-refractivity contribution in [3.63, 3.8) is 0 Å². The molecule has 0 aliphatic carbocycles. The number of amides is 1. The lowest BCUT2D eigenvalue weighted by Gasteiger charge is -2.44. The number of ketones is 1. The molecular weight excluding hydrogens is 465 g/mol. The van der Waals surface area contributed by atoms with Crippen molar-refractivity contribution in [3.8, 4) is 5.75 Å². The number of halogens is 2. The van der Waals surface area contributed by atoms with Crippen molar-refractivity contribution in [2.24, 2.45) is 0 Å². The molecule has 2 aromatic rings. The molecule has 2 aromatic carbocycles. The summed E-state index contributed by atoms with van der Waals surface area (Å²) in [4.78, 5) is 37.7. The Labute approximate surface area is 202 Å². The van der Waals surface area contributed by atoms with E-state index in [1.165, 1.54) is 13.0 Å². The van der Waals surface area contributed by atoms with Gasteiger partial charge in [-0.25, -0.2) is 14.0 Å². The minimum atomic E-state index is -1.09. The molecule has 0 aromatic heterocycles. The van der Waals surface area contributed by atoms with Gasteiger partial charge in [0.05, 0.1) is 10.6 Å². The second-order valence-corrected chi connectivity index (χ2v) is 10.0. The number of rotatable bonds is 4. The molecule has 7 nitrogen and oxygen atoms in total. The molecule has 3 rings (SSSR count). The summed E-state index contributed by atoms with van der Waals surface area (Å²) in [6, 6.07) is 7.40. The summed E-state index contributed by atoms with van der Waals surface area (Å²) in [5.41, 5.74) is -0.988. The molecule has 0 spiro atoms. The zero-order valence-electron chi connectivity index (χ0n) is 19.8. The van der Waals surface area contributed by atoms with Crippen molar-refractivity contribution in [1.82, 2.24) is 5.32 Å². The Morgan fingerprint density at radius 1 is 1.09 bits per heavy atom. The van der Waals surface area contributed by atoms with E-state index >= 15 is 0 Å². The average Bonchev–Trinajstić information content (AvgIpc) is 2.70. The Morgan fingerprint density at radius 2 is 1.74 bits per heavy atom. The van der Waals surface area contributed by atoms with Gasteiger partial charge >= 0.3 is 12.1 Å². The molecule has 1 amide bonds. The van der Waals surface area contributed by atoms with Gasteiger partial charge in [-0.15, -0.1) is 0 Å². The lowest BCUT2D eigenvalue weighted by Crippen LogP contribution is -2.55. The molecule has 1 aliphatic rings. The smallest absolute Gasteiger partial charge is 0.408 e. The molecule has 0 saturated heterocycles. The van der Waals surface area contributed by atoms with Crippen molar-refractivity contribution >= 4 is 29.4 Å². The molecule has 0 bridgehead atoms. The van der Waals surface area contributed by atoms with Gasteiger partial charge in [-0.05, 0) is 77.9 Å². The van der Waals surface area contributed by atoms with Crippen LogP contribution in [0.1, 0.15) is 73.9 Å². The van der Waals surface area contributed by atoms with Crippen LogP contribution < -0.4 is 10.1 Å². The number of alkyl carbamates (subject to hydrolysis) is 1. The predicted molar refractivity (Wildman–Crippen MR) is 124 cm³/mol. The molecule has 0 saturated carbocycles. The minimum absolute atomic E-state index is 0.0292. The van der Waals surface area contributed by atoms with Crippen LogP contribution in [0.2, 0.25) is 5.02 Å². The fraction of sp³-hybridized carbons (Fsp3) is 0.400. The number of ether oxygens (including phenoxy) is 3. The highest BCUT2D eigenvalue weighted by Gasteiger charge is 2.48. The minimum Gasteiger partial charge on any atom is -0.484 e. The fourth-order valence-corrected chi connectivity index (χ4v) is 3.79. The van der Waals surface area contributed by atoms with Crippen LogP contribution in [0.4, 0.5) is 9.18 Å². The topological polar surface area (TPSA) is 90.9 Å². The van der Waals surface area contributed by atoms with E-state index in [9.17, 15) is 18.8 Å². The molecule has 0 radical (unpaired) electrons. The van der Waals surface area contributed by atoms with Crippen LogP contribution in [0.15, 0.2) is 36.4 Å². The van der Waals surface area contributed by atoms with Crippen molar-refractivity contribution in [2.45, 2.75) is 64.9 Å². The zero-order chi connectivity index (χ0) is 25.4. The van der Waals surface area contributed by atoms with Crippen LogP contribution in [-0.2, 0) is 9.47 Å². The van der Waals surface area contributed by atoms with E-state index in [0.717, 1.165) is 12.1 Å². The number of hydrogen-bond acceptors (Lipinski definition) is 6. The van der Waals surface area contributed by atoms with E-state index < -0.39 is 41.2 Å². The second-order valence-electron chi connectivity index (χ2n) is 9.59. The van der Waals surface area contributed by atoms with Crippen LogP contribution in [0.3, 0.4) is 0 Å². The van der Waals surface area contributed by atoms with E-state index in [2.05, 4.69) is 5.32 Å². The van der Waals surface area contributed by atoms with Gasteiger partial charge in [0.2, 0.25) is 0 Å². The Balaban J connectivity index is 2.03. The van der Waals surface area contributed by atoms with E-state index in [4.69, 9.17) is 25.8 Å². The quantitative estimate of drug-likeness (QED) is 0.439. The third-order valence-corrected chi connectivity index (χ3v) is 5.46. The van der Waals surface area contributed by atoms with Crippen LogP contribution >= 0.6 is 11.6 Å². The monoisotopic (exact) mass is 491 g/mol. The Bertz CT molecular complexity index is 1140. The number of fused-ring (bicyclic) bond motifs is 1. The molecule has 1 aliphatic heterocycles. The molecular formula is C25H27ClFNO6. The number of carbonyl (C=O) groups excluding carboxylic acids is 3. The van der Waals surface area contributed by atoms with E-state index in [0.29, 0.717) is 16.9 Å². The average molecular weight is 492 g/mol. The SMILES string of the molecule is CC(=O)c1ccc2c(c1)C(NC(=O)OC(C)(C)C)C(OC(=O)c1ccc(F)c(Cl)c1)C(C)(C)O2. The molecule has 2 unspecified atom stereocenters. The van der Waals surface area contributed by atoms with Gasteiger partial charge in [0, 0.05) is 11.1 Å². The summed E-state index contributed by atoms with van der Waals surface area (Å²) in [5.74, 6) is -1.22. The van der Waals surface area contributed by atoms with Crippen LogP contribution in [0.25, 0.3) is 0 Å². The number of benzene rings is 2. The van der Waals surface area contributed by atoms with Crippen molar-refractivity contribution in [3.05, 3.63) is 63.9 Å². The van der Waals surface area contributed by atoms with Gasteiger partial charge < -0.3 is 19.5 Å². The molecule has 0 fully saturated rings. The summed E-state index contributed by atoms with van der Waals surface area (Å²) in [6.07, 6.45) is -1.77. The number of carbonyl (C=O) groups is 3. The molecule has 1 heterocycles. The Hall–Kier alpha value is -3.13. The highest BCUT2D eigenvalue weighted by Crippen LogP contribution is 2.42. The summed E-state index contributed by atoms with van der Waals surface area (Å²) in [5, 5.41) is 2.54. The highest BCUT2D eigenvalue weighted by molar-refractivity contribution is 6.31. The largest absolute Gasteiger partial charge is 0.484 e. The Morgan fingerprint density at radius 3 is 2.32 bits per heavy atom. The molecule has 2 atom stereocenters. The maximum Gasteiger partial charge on any atom is 0.408 e. The van der Waals surface area contributed by atoms with Gasteiger partial charge in [-0.3, -0.25) is 4.79 Å². The lowest BCUT2D eigenvalue weighted by molar-refractivity contribution is -0.0790. The third kappa shape index (κ3) is 5.67. The summed E-state index contributed by atoms with van der Waals surface area (Å²) < 4.78 is 30.9. The molecule has 182 valence electrons. The van der Waals surface area contributed by atoms with Gasteiger partial charge in [0.1, 0.15) is 28.8 Å². The first-order valence-corrected chi connectivity index (χ1v) is 11.1. The normalized spacial score (nSPS) is 18.8. The van der Waals surface area contributed by atoms with Crippen molar-refractivity contribution in [1.29, 1.82) is 0 Å². The van der Waals surface area contributed by atoms with Gasteiger partial charge in [0.15, 0.2) is 11.9 Å². The van der Waals surface area contributed by atoms with Gasteiger partial charge in [-0.2, -0.15) is 0 Å². The van der Waals surface area contributed by atoms with E-state index in [1.54, 1.807) is 52.8 Å². The summed E-state index contributed by atoms with van der Waals surface area (Å²) in [6.45, 7) is 9.98. The van der Waals surface area contributed by atoms with Crippen LogP contribution in [0.5, 0.6) is 5.75 Å². The standard InChI is InChI=1S/C25H27ClFNO6/c1-13(29)14-8-10-19-16(11-14)20(28-23(31)34-24(2,3)4)21(25(5,6)33-19)32-22(30)15-7-9-18(27)17(26)12-15/h7-12,20-21H,1-6H3,(H,28,31). The van der Waals surface area contributed by atoms with Crippen LogP contribution in [-0.4, -0.2) is 35.2 Å². The zero-order valence-corrected chi connectivity index (χ0v) is 20.6. The fourth-order valence-electron chi connectivity index (χ4n) is 3.61. The predicted octanol–water partition coefficient (Wildman–Crippen LogP) is 5.64. The summed E-state index contributed by atoms with van der Waals surface area (Å²) >= 11 is 5.82. The van der Waals surface area contributed by atoms with Gasteiger partial charge in [0.25, 0.3) is 0 Å². The van der Waals surface area contributed by atoms with Crippen LogP contribution in [0, 0.1) is 5.82 Å². The first-order valence-electron chi connectivity index (χ1n) is 10.7. The lowest BCUT2D eigenvalue weighted by atomic mass is 9.85. The maximum atomic E-state index is 13.6. The first-order chi connectivity index (χ1) is 15.7.